The molecule has 0 unspecified atom stereocenters. The highest BCUT2D eigenvalue weighted by atomic mass is 19.1. The first kappa shape index (κ1) is 25.1. The van der Waals surface area contributed by atoms with Gasteiger partial charge in [0.1, 0.15) is 5.82 Å². The highest BCUT2D eigenvalue weighted by molar-refractivity contribution is 5.71. The number of hydrogen-bond acceptors (Lipinski definition) is 5. The van der Waals surface area contributed by atoms with Crippen molar-refractivity contribution in [1.29, 1.82) is 0 Å². The van der Waals surface area contributed by atoms with Crippen LogP contribution in [0.15, 0.2) is 41.5 Å². The molecule has 194 valence electrons. The quantitative estimate of drug-likeness (QED) is 0.490. The summed E-state index contributed by atoms with van der Waals surface area (Å²) in [6.07, 6.45) is 4.07. The van der Waals surface area contributed by atoms with Crippen molar-refractivity contribution in [2.24, 2.45) is 5.92 Å². The van der Waals surface area contributed by atoms with Crippen molar-refractivity contribution in [3.63, 3.8) is 0 Å². The van der Waals surface area contributed by atoms with Crippen molar-refractivity contribution in [3.8, 4) is 5.69 Å². The van der Waals surface area contributed by atoms with Gasteiger partial charge in [0.25, 0.3) is 5.56 Å². The zero-order valence-electron chi connectivity index (χ0n) is 21.9. The molecule has 1 atom stereocenters. The molecular formula is C29H33FN4O3. The number of anilines is 2. The third-order valence-corrected chi connectivity index (χ3v) is 7.92. The maximum atomic E-state index is 14.8. The van der Waals surface area contributed by atoms with E-state index in [9.17, 15) is 14.0 Å². The second-order valence-corrected chi connectivity index (χ2v) is 11.2. The summed E-state index contributed by atoms with van der Waals surface area (Å²) in [5, 5.41) is 12.3. The number of aliphatic carboxylic acids is 1. The first-order chi connectivity index (χ1) is 17.5. The summed E-state index contributed by atoms with van der Waals surface area (Å²) in [4.78, 5) is 31.0. The zero-order chi connectivity index (χ0) is 26.6. The lowest BCUT2D eigenvalue weighted by Crippen LogP contribution is -2.49. The number of nitrogens with zero attached hydrogens (tertiary/aromatic N) is 3. The Kier molecular flexibility index (Phi) is 6.18. The van der Waals surface area contributed by atoms with Crippen molar-refractivity contribution in [1.82, 2.24) is 14.5 Å². The van der Waals surface area contributed by atoms with Gasteiger partial charge in [0.2, 0.25) is 0 Å². The molecule has 2 aliphatic rings. The van der Waals surface area contributed by atoms with Gasteiger partial charge in [-0.1, -0.05) is 20.8 Å². The van der Waals surface area contributed by atoms with Crippen LogP contribution in [0.25, 0.3) is 5.69 Å². The average Bonchev–Trinajstić information content (AvgIpc) is 3.04. The van der Waals surface area contributed by atoms with Gasteiger partial charge in [-0.3, -0.25) is 19.1 Å². The predicted octanol–water partition coefficient (Wildman–Crippen LogP) is 5.03. The summed E-state index contributed by atoms with van der Waals surface area (Å²) in [6, 6.07) is 7.10. The van der Waals surface area contributed by atoms with E-state index >= 15 is 0 Å². The molecule has 3 aromatic rings. The standard InChI is InChI=1S/C29H33FN4O3/c1-16-10-20(11-17(2)21(16)15-33-13-19(14-33)28(36)37)34-9-8-31-26(27(34)35)32-23-7-6-22(30)25-24(23)18(3)12-29(25,4)5/h6-11,18-19H,12-15H2,1-5H3,(H,31,32)(H,36,37)/t18-/m1/s1. The molecule has 0 spiro atoms. The van der Waals surface area contributed by atoms with Gasteiger partial charge in [-0.2, -0.15) is 0 Å². The lowest BCUT2D eigenvalue weighted by Gasteiger charge is -2.37. The molecule has 8 heteroatoms. The van der Waals surface area contributed by atoms with E-state index in [-0.39, 0.29) is 34.4 Å². The van der Waals surface area contributed by atoms with E-state index in [0.717, 1.165) is 34.4 Å². The minimum atomic E-state index is -0.745. The van der Waals surface area contributed by atoms with Gasteiger partial charge in [-0.05, 0) is 83.7 Å². The van der Waals surface area contributed by atoms with Crippen molar-refractivity contribution < 1.29 is 14.3 Å². The fourth-order valence-electron chi connectivity index (χ4n) is 6.14. The molecular weight excluding hydrogens is 471 g/mol. The molecule has 2 aromatic carbocycles. The number of carbonyl (C=O) groups is 1. The first-order valence-corrected chi connectivity index (χ1v) is 12.7. The van der Waals surface area contributed by atoms with E-state index in [2.05, 4.69) is 36.0 Å². The number of carboxylic acids is 1. The van der Waals surface area contributed by atoms with Crippen LogP contribution in [0.5, 0.6) is 0 Å². The first-order valence-electron chi connectivity index (χ1n) is 12.7. The maximum absolute atomic E-state index is 14.8. The number of likely N-dealkylation sites (tertiary alicyclic amines) is 1. The van der Waals surface area contributed by atoms with Gasteiger partial charge < -0.3 is 10.4 Å². The van der Waals surface area contributed by atoms with Gasteiger partial charge >= 0.3 is 5.97 Å². The van der Waals surface area contributed by atoms with Gasteiger partial charge in [0.15, 0.2) is 5.82 Å². The minimum Gasteiger partial charge on any atom is -0.481 e. The number of fused-ring (bicyclic) bond motifs is 1. The number of rotatable bonds is 6. The smallest absolute Gasteiger partial charge is 0.309 e. The van der Waals surface area contributed by atoms with E-state index in [1.54, 1.807) is 23.0 Å². The Morgan fingerprint density at radius 2 is 1.89 bits per heavy atom. The second-order valence-electron chi connectivity index (χ2n) is 11.2. The van der Waals surface area contributed by atoms with Crippen LogP contribution in [0.2, 0.25) is 0 Å². The lowest BCUT2D eigenvalue weighted by molar-refractivity contribution is -0.147. The number of aryl methyl sites for hydroxylation is 2. The fourth-order valence-corrected chi connectivity index (χ4v) is 6.14. The van der Waals surface area contributed by atoms with E-state index < -0.39 is 5.97 Å². The average molecular weight is 505 g/mol. The molecule has 1 aliphatic carbocycles. The molecule has 1 aromatic heterocycles. The number of nitrogens with one attached hydrogen (secondary N) is 1. The largest absolute Gasteiger partial charge is 0.481 e. The summed E-state index contributed by atoms with van der Waals surface area (Å²) in [7, 11) is 0. The summed E-state index contributed by atoms with van der Waals surface area (Å²) in [5.41, 5.74) is 5.74. The number of benzene rings is 2. The van der Waals surface area contributed by atoms with Crippen molar-refractivity contribution in [2.45, 2.75) is 58.9 Å². The van der Waals surface area contributed by atoms with Crippen LogP contribution in [-0.4, -0.2) is 38.6 Å². The van der Waals surface area contributed by atoms with Crippen LogP contribution in [0.1, 0.15) is 60.9 Å². The maximum Gasteiger partial charge on any atom is 0.309 e. The molecule has 1 fully saturated rings. The Morgan fingerprint density at radius 3 is 2.54 bits per heavy atom. The highest BCUT2D eigenvalue weighted by Crippen LogP contribution is 2.49. The Hall–Kier alpha value is -3.52. The van der Waals surface area contributed by atoms with Crippen molar-refractivity contribution in [2.75, 3.05) is 18.4 Å². The molecule has 0 bridgehead atoms. The van der Waals surface area contributed by atoms with Crippen LogP contribution in [0.3, 0.4) is 0 Å². The second kappa shape index (κ2) is 9.10. The van der Waals surface area contributed by atoms with E-state index in [0.29, 0.717) is 30.9 Å². The summed E-state index contributed by atoms with van der Waals surface area (Å²) in [6.45, 7) is 12.0. The van der Waals surface area contributed by atoms with Crippen LogP contribution in [-0.2, 0) is 16.8 Å². The molecule has 5 rings (SSSR count). The van der Waals surface area contributed by atoms with Crippen LogP contribution in [0, 0.1) is 25.6 Å². The van der Waals surface area contributed by atoms with E-state index in [1.165, 1.54) is 6.07 Å². The third kappa shape index (κ3) is 4.44. The summed E-state index contributed by atoms with van der Waals surface area (Å²) in [5.74, 6) is -0.906. The normalized spacial score (nSPS) is 18.9. The molecule has 0 radical (unpaired) electrons. The SMILES string of the molecule is Cc1cc(-n2ccnc(Nc3ccc(F)c4c3[C@H](C)CC4(C)C)c2=O)cc(C)c1CN1CC(C(=O)O)C1. The highest BCUT2D eigenvalue weighted by Gasteiger charge is 2.39. The van der Waals surface area contributed by atoms with Crippen molar-refractivity contribution in [3.05, 3.63) is 80.6 Å². The molecule has 0 saturated carbocycles. The van der Waals surface area contributed by atoms with Crippen LogP contribution >= 0.6 is 0 Å². The molecule has 7 nitrogen and oxygen atoms in total. The number of carboxylic acid groups (broad SMARTS) is 1. The number of halogens is 1. The molecule has 1 saturated heterocycles. The fraction of sp³-hybridized carbons (Fsp3) is 0.414. The Balaban J connectivity index is 1.44. The molecule has 0 amide bonds. The monoisotopic (exact) mass is 504 g/mol. The molecule has 1 aliphatic heterocycles. The predicted molar refractivity (Wildman–Crippen MR) is 141 cm³/mol. The third-order valence-electron chi connectivity index (χ3n) is 7.92. The van der Waals surface area contributed by atoms with Crippen LogP contribution in [0.4, 0.5) is 15.9 Å². The van der Waals surface area contributed by atoms with Crippen molar-refractivity contribution >= 4 is 17.5 Å². The van der Waals surface area contributed by atoms with Gasteiger partial charge in [0.05, 0.1) is 5.92 Å². The number of aromatic nitrogens is 2. The topological polar surface area (TPSA) is 87.5 Å². The summed E-state index contributed by atoms with van der Waals surface area (Å²) < 4.78 is 16.3. The van der Waals surface area contributed by atoms with Gasteiger partial charge in [0, 0.05) is 43.4 Å². The Bertz CT molecular complexity index is 1430. The zero-order valence-corrected chi connectivity index (χ0v) is 21.9. The number of hydrogen-bond donors (Lipinski definition) is 2. The molecule has 2 N–H and O–H groups in total. The van der Waals surface area contributed by atoms with E-state index in [1.807, 2.05) is 26.0 Å². The molecule has 2 heterocycles. The van der Waals surface area contributed by atoms with Gasteiger partial charge in [-0.25, -0.2) is 9.37 Å². The molecule has 37 heavy (non-hydrogen) atoms. The Labute approximate surface area is 216 Å². The minimum absolute atomic E-state index is 0.157. The van der Waals surface area contributed by atoms with Gasteiger partial charge in [-0.15, -0.1) is 0 Å². The lowest BCUT2D eigenvalue weighted by atomic mass is 9.86. The Morgan fingerprint density at radius 1 is 1.22 bits per heavy atom. The summed E-state index contributed by atoms with van der Waals surface area (Å²) >= 11 is 0. The van der Waals surface area contributed by atoms with Crippen LogP contribution < -0.4 is 10.9 Å². The van der Waals surface area contributed by atoms with E-state index in [4.69, 9.17) is 5.11 Å².